The second kappa shape index (κ2) is 4.53. The van der Waals surface area contributed by atoms with Gasteiger partial charge in [-0.1, -0.05) is 31.2 Å². The van der Waals surface area contributed by atoms with Crippen molar-refractivity contribution in [2.75, 3.05) is 5.73 Å². The summed E-state index contributed by atoms with van der Waals surface area (Å²) >= 11 is 0. The molecule has 0 bridgehead atoms. The van der Waals surface area contributed by atoms with Crippen LogP contribution in [0.25, 0.3) is 11.1 Å². The van der Waals surface area contributed by atoms with Gasteiger partial charge in [0.05, 0.1) is 5.69 Å². The standard InChI is InChI=1S/C14H13F2N/c1-2-9-4-3-5-10(6-9)11-7-13(16)14(17)8-12(11)15/h3-8H,2,17H2,1H3. The van der Waals surface area contributed by atoms with Gasteiger partial charge in [0.25, 0.3) is 0 Å². The molecule has 0 aliphatic carbocycles. The Hall–Kier alpha value is -1.90. The molecule has 17 heavy (non-hydrogen) atoms. The molecule has 2 rings (SSSR count). The summed E-state index contributed by atoms with van der Waals surface area (Å²) in [5, 5.41) is 0. The predicted molar refractivity (Wildman–Crippen MR) is 65.6 cm³/mol. The average molecular weight is 233 g/mol. The van der Waals surface area contributed by atoms with E-state index in [9.17, 15) is 8.78 Å². The lowest BCUT2D eigenvalue weighted by Crippen LogP contribution is -1.95. The van der Waals surface area contributed by atoms with Crippen molar-refractivity contribution < 1.29 is 8.78 Å². The Kier molecular flexibility index (Phi) is 3.09. The number of hydrogen-bond acceptors (Lipinski definition) is 1. The first-order valence-electron chi connectivity index (χ1n) is 5.45. The molecule has 0 fully saturated rings. The lowest BCUT2D eigenvalue weighted by atomic mass is 10.0. The fourth-order valence-electron chi connectivity index (χ4n) is 1.74. The van der Waals surface area contributed by atoms with Gasteiger partial charge in [0.1, 0.15) is 11.6 Å². The van der Waals surface area contributed by atoms with Crippen LogP contribution in [0.2, 0.25) is 0 Å². The first kappa shape index (κ1) is 11.6. The SMILES string of the molecule is CCc1cccc(-c2cc(F)c(N)cc2F)c1. The van der Waals surface area contributed by atoms with E-state index in [0.29, 0.717) is 5.56 Å². The summed E-state index contributed by atoms with van der Waals surface area (Å²) in [6, 6.07) is 9.56. The lowest BCUT2D eigenvalue weighted by molar-refractivity contribution is 0.607. The predicted octanol–water partition coefficient (Wildman–Crippen LogP) is 3.78. The molecule has 2 aromatic carbocycles. The fourth-order valence-corrected chi connectivity index (χ4v) is 1.74. The van der Waals surface area contributed by atoms with Gasteiger partial charge >= 0.3 is 0 Å². The number of hydrogen-bond donors (Lipinski definition) is 1. The van der Waals surface area contributed by atoms with Crippen LogP contribution in [0, 0.1) is 11.6 Å². The number of halogens is 2. The zero-order chi connectivity index (χ0) is 12.4. The minimum Gasteiger partial charge on any atom is -0.396 e. The monoisotopic (exact) mass is 233 g/mol. The third kappa shape index (κ3) is 2.28. The normalized spacial score (nSPS) is 10.5. The molecular formula is C14H13F2N. The molecule has 3 heteroatoms. The zero-order valence-electron chi connectivity index (χ0n) is 9.50. The highest BCUT2D eigenvalue weighted by Crippen LogP contribution is 2.27. The van der Waals surface area contributed by atoms with Gasteiger partial charge in [-0.15, -0.1) is 0 Å². The summed E-state index contributed by atoms with van der Waals surface area (Å²) in [7, 11) is 0. The molecule has 0 aromatic heterocycles. The van der Waals surface area contributed by atoms with Crippen LogP contribution in [0.4, 0.5) is 14.5 Å². The van der Waals surface area contributed by atoms with Crippen molar-refractivity contribution in [1.29, 1.82) is 0 Å². The van der Waals surface area contributed by atoms with Gasteiger partial charge < -0.3 is 5.73 Å². The van der Waals surface area contributed by atoms with Gasteiger partial charge in [-0.2, -0.15) is 0 Å². The topological polar surface area (TPSA) is 26.0 Å². The van der Waals surface area contributed by atoms with E-state index >= 15 is 0 Å². The number of aryl methyl sites for hydroxylation is 1. The maximum Gasteiger partial charge on any atom is 0.146 e. The number of nitrogen functional groups attached to an aromatic ring is 1. The van der Waals surface area contributed by atoms with Gasteiger partial charge in [-0.05, 0) is 23.6 Å². The molecule has 0 aliphatic heterocycles. The van der Waals surface area contributed by atoms with Crippen molar-refractivity contribution in [3.8, 4) is 11.1 Å². The molecule has 0 atom stereocenters. The molecule has 0 aliphatic rings. The van der Waals surface area contributed by atoms with Gasteiger partial charge in [0.15, 0.2) is 0 Å². The molecule has 2 N–H and O–H groups in total. The number of anilines is 1. The first-order chi connectivity index (χ1) is 8.11. The minimum atomic E-state index is -0.594. The second-order valence-corrected chi connectivity index (χ2v) is 3.91. The Morgan fingerprint density at radius 1 is 1.06 bits per heavy atom. The molecule has 0 saturated carbocycles. The summed E-state index contributed by atoms with van der Waals surface area (Å²) in [6.45, 7) is 2.01. The number of benzene rings is 2. The van der Waals surface area contributed by atoms with E-state index in [1.807, 2.05) is 25.1 Å². The van der Waals surface area contributed by atoms with E-state index in [4.69, 9.17) is 5.73 Å². The largest absolute Gasteiger partial charge is 0.396 e. The zero-order valence-corrected chi connectivity index (χ0v) is 9.50. The van der Waals surface area contributed by atoms with Crippen LogP contribution in [0.5, 0.6) is 0 Å². The Morgan fingerprint density at radius 2 is 1.82 bits per heavy atom. The molecule has 0 amide bonds. The van der Waals surface area contributed by atoms with Crippen molar-refractivity contribution in [1.82, 2.24) is 0 Å². The van der Waals surface area contributed by atoms with Crippen LogP contribution < -0.4 is 5.73 Å². The van der Waals surface area contributed by atoms with Crippen molar-refractivity contribution in [2.24, 2.45) is 0 Å². The van der Waals surface area contributed by atoms with Gasteiger partial charge in [-0.25, -0.2) is 8.78 Å². The van der Waals surface area contributed by atoms with Crippen molar-refractivity contribution in [3.05, 3.63) is 53.6 Å². The highest BCUT2D eigenvalue weighted by atomic mass is 19.1. The highest BCUT2D eigenvalue weighted by Gasteiger charge is 2.09. The van der Waals surface area contributed by atoms with Crippen molar-refractivity contribution in [2.45, 2.75) is 13.3 Å². The number of rotatable bonds is 2. The third-order valence-corrected chi connectivity index (χ3v) is 2.73. The van der Waals surface area contributed by atoms with Crippen LogP contribution in [0.15, 0.2) is 36.4 Å². The Labute approximate surface area is 98.9 Å². The Bertz CT molecular complexity index is 550. The van der Waals surface area contributed by atoms with E-state index in [1.165, 1.54) is 0 Å². The maximum absolute atomic E-state index is 13.7. The van der Waals surface area contributed by atoms with Crippen molar-refractivity contribution >= 4 is 5.69 Å². The first-order valence-corrected chi connectivity index (χ1v) is 5.45. The van der Waals surface area contributed by atoms with E-state index < -0.39 is 11.6 Å². The molecule has 1 nitrogen and oxygen atoms in total. The number of nitrogens with two attached hydrogens (primary N) is 1. The molecule has 2 aromatic rings. The van der Waals surface area contributed by atoms with Crippen LogP contribution in [-0.4, -0.2) is 0 Å². The van der Waals surface area contributed by atoms with E-state index in [1.54, 1.807) is 6.07 Å². The van der Waals surface area contributed by atoms with Gasteiger partial charge in [0, 0.05) is 11.6 Å². The average Bonchev–Trinajstić information content (AvgIpc) is 2.34. The molecule has 88 valence electrons. The lowest BCUT2D eigenvalue weighted by Gasteiger charge is -2.07. The fraction of sp³-hybridized carbons (Fsp3) is 0.143. The third-order valence-electron chi connectivity index (χ3n) is 2.73. The summed E-state index contributed by atoms with van der Waals surface area (Å²) < 4.78 is 27.0. The minimum absolute atomic E-state index is 0.169. The van der Waals surface area contributed by atoms with E-state index in [0.717, 1.165) is 24.1 Å². The summed E-state index contributed by atoms with van der Waals surface area (Å²) in [5.41, 5.74) is 7.13. The molecule has 0 radical (unpaired) electrons. The molecule has 0 unspecified atom stereocenters. The quantitative estimate of drug-likeness (QED) is 0.785. The highest BCUT2D eigenvalue weighted by molar-refractivity contribution is 5.67. The molecule has 0 spiro atoms. The van der Waals surface area contributed by atoms with Crippen LogP contribution in [0.1, 0.15) is 12.5 Å². The summed E-state index contributed by atoms with van der Waals surface area (Å²) in [5.74, 6) is -1.10. The Morgan fingerprint density at radius 3 is 2.53 bits per heavy atom. The molecule has 0 heterocycles. The van der Waals surface area contributed by atoms with Crippen LogP contribution >= 0.6 is 0 Å². The summed E-state index contributed by atoms with van der Waals surface area (Å²) in [6.07, 6.45) is 0.854. The van der Waals surface area contributed by atoms with Crippen LogP contribution in [-0.2, 0) is 6.42 Å². The smallest absolute Gasteiger partial charge is 0.146 e. The van der Waals surface area contributed by atoms with E-state index in [2.05, 4.69) is 0 Å². The van der Waals surface area contributed by atoms with Crippen molar-refractivity contribution in [3.63, 3.8) is 0 Å². The van der Waals surface area contributed by atoms with E-state index in [-0.39, 0.29) is 11.3 Å². The van der Waals surface area contributed by atoms with Crippen LogP contribution in [0.3, 0.4) is 0 Å². The molecule has 0 saturated heterocycles. The Balaban J connectivity index is 2.56. The van der Waals surface area contributed by atoms with Gasteiger partial charge in [0.2, 0.25) is 0 Å². The van der Waals surface area contributed by atoms with Gasteiger partial charge in [-0.3, -0.25) is 0 Å². The second-order valence-electron chi connectivity index (χ2n) is 3.91. The maximum atomic E-state index is 13.7. The molecular weight excluding hydrogens is 220 g/mol. The summed E-state index contributed by atoms with van der Waals surface area (Å²) in [4.78, 5) is 0.